The molecule has 0 bridgehead atoms. The SMILES string of the molecule is O=C(N/N=C/c1ccc(OC(=O)c2ccccc2)cc1OC(=O)c1ccccc1)C(=O)Nc1ccc(Cl)cc1. The summed E-state index contributed by atoms with van der Waals surface area (Å²) in [7, 11) is 0. The van der Waals surface area contributed by atoms with Gasteiger partial charge in [0.2, 0.25) is 0 Å². The highest BCUT2D eigenvalue weighted by molar-refractivity contribution is 6.39. The van der Waals surface area contributed by atoms with E-state index in [0.717, 1.165) is 0 Å². The molecule has 0 aliphatic carbocycles. The predicted molar refractivity (Wildman–Crippen MR) is 145 cm³/mol. The maximum absolute atomic E-state index is 12.7. The second-order valence-corrected chi connectivity index (χ2v) is 8.31. The molecule has 0 spiro atoms. The number of benzene rings is 4. The molecule has 0 fully saturated rings. The van der Waals surface area contributed by atoms with Crippen LogP contribution in [-0.2, 0) is 9.59 Å². The summed E-state index contributed by atoms with van der Waals surface area (Å²) in [5.74, 6) is -3.13. The Balaban J connectivity index is 1.49. The highest BCUT2D eigenvalue weighted by Gasteiger charge is 2.16. The van der Waals surface area contributed by atoms with Crippen LogP contribution in [0.15, 0.2) is 108 Å². The van der Waals surface area contributed by atoms with Crippen LogP contribution in [0.25, 0.3) is 0 Å². The van der Waals surface area contributed by atoms with Gasteiger partial charge in [-0.2, -0.15) is 5.10 Å². The Morgan fingerprint density at radius 3 is 1.90 bits per heavy atom. The molecule has 0 atom stereocenters. The van der Waals surface area contributed by atoms with Crippen molar-refractivity contribution in [3.63, 3.8) is 0 Å². The first-order valence-corrected chi connectivity index (χ1v) is 11.9. The van der Waals surface area contributed by atoms with E-state index in [1.54, 1.807) is 72.8 Å². The maximum atomic E-state index is 12.7. The minimum atomic E-state index is -1.03. The first kappa shape index (κ1) is 26.8. The normalized spacial score (nSPS) is 10.5. The summed E-state index contributed by atoms with van der Waals surface area (Å²) in [5, 5.41) is 6.68. The van der Waals surface area contributed by atoms with Crippen molar-refractivity contribution in [1.82, 2.24) is 5.43 Å². The van der Waals surface area contributed by atoms with E-state index in [9.17, 15) is 19.2 Å². The zero-order valence-corrected chi connectivity index (χ0v) is 20.9. The molecule has 194 valence electrons. The van der Waals surface area contributed by atoms with Crippen molar-refractivity contribution >= 4 is 47.3 Å². The van der Waals surface area contributed by atoms with E-state index in [0.29, 0.717) is 21.8 Å². The van der Waals surface area contributed by atoms with Crippen molar-refractivity contribution in [3.05, 3.63) is 125 Å². The average Bonchev–Trinajstić information content (AvgIpc) is 2.96. The number of nitrogens with zero attached hydrogens (tertiary/aromatic N) is 1. The number of rotatable bonds is 7. The van der Waals surface area contributed by atoms with E-state index >= 15 is 0 Å². The Bertz CT molecular complexity index is 1520. The topological polar surface area (TPSA) is 123 Å². The Morgan fingerprint density at radius 2 is 1.28 bits per heavy atom. The van der Waals surface area contributed by atoms with Crippen molar-refractivity contribution in [2.75, 3.05) is 5.32 Å². The molecule has 2 N–H and O–H groups in total. The first-order valence-electron chi connectivity index (χ1n) is 11.5. The quantitative estimate of drug-likeness (QED) is 0.113. The van der Waals surface area contributed by atoms with Crippen molar-refractivity contribution < 1.29 is 28.7 Å². The molecule has 0 aliphatic rings. The smallest absolute Gasteiger partial charge is 0.343 e. The molecule has 0 unspecified atom stereocenters. The maximum Gasteiger partial charge on any atom is 0.343 e. The van der Waals surface area contributed by atoms with E-state index in [1.807, 2.05) is 0 Å². The summed E-state index contributed by atoms with van der Waals surface area (Å²) in [6.45, 7) is 0. The summed E-state index contributed by atoms with van der Waals surface area (Å²) in [4.78, 5) is 49.4. The number of carbonyl (C=O) groups is 4. The highest BCUT2D eigenvalue weighted by Crippen LogP contribution is 2.26. The standard InChI is InChI=1S/C29H20ClN3O6/c30-22-12-14-23(15-13-22)32-26(34)27(35)33-31-18-21-11-16-24(38-28(36)19-7-3-1-4-8-19)17-25(21)39-29(37)20-9-5-2-6-10-20/h1-18H,(H,32,34)(H,33,35)/b31-18+. The molecule has 0 saturated carbocycles. The number of carbonyl (C=O) groups excluding carboxylic acids is 4. The Labute approximate surface area is 228 Å². The number of ether oxygens (including phenoxy) is 2. The predicted octanol–water partition coefficient (Wildman–Crippen LogP) is 4.87. The summed E-state index contributed by atoms with van der Waals surface area (Å²) in [5.41, 5.74) is 3.37. The lowest BCUT2D eigenvalue weighted by Gasteiger charge is -2.10. The van der Waals surface area contributed by atoms with Gasteiger partial charge in [0, 0.05) is 22.3 Å². The van der Waals surface area contributed by atoms with Crippen LogP contribution in [0.1, 0.15) is 26.3 Å². The lowest BCUT2D eigenvalue weighted by Crippen LogP contribution is -2.32. The largest absolute Gasteiger partial charge is 0.423 e. The van der Waals surface area contributed by atoms with Gasteiger partial charge in [-0.25, -0.2) is 15.0 Å². The third-order valence-corrected chi connectivity index (χ3v) is 5.35. The Kier molecular flexibility index (Phi) is 8.79. The summed E-state index contributed by atoms with van der Waals surface area (Å²) < 4.78 is 10.9. The first-order chi connectivity index (χ1) is 18.9. The lowest BCUT2D eigenvalue weighted by molar-refractivity contribution is -0.136. The monoisotopic (exact) mass is 541 g/mol. The summed E-state index contributed by atoms with van der Waals surface area (Å²) in [6.07, 6.45) is 1.18. The van der Waals surface area contributed by atoms with E-state index in [2.05, 4.69) is 15.8 Å². The molecular formula is C29H20ClN3O6. The number of hydrogen-bond donors (Lipinski definition) is 2. The van der Waals surface area contributed by atoms with Crippen molar-refractivity contribution in [1.29, 1.82) is 0 Å². The highest BCUT2D eigenvalue weighted by atomic mass is 35.5. The van der Waals surface area contributed by atoms with Crippen LogP contribution in [0.2, 0.25) is 5.02 Å². The molecule has 4 rings (SSSR count). The van der Waals surface area contributed by atoms with Crippen LogP contribution in [0.4, 0.5) is 5.69 Å². The van der Waals surface area contributed by atoms with Gasteiger partial charge in [0.25, 0.3) is 0 Å². The summed E-state index contributed by atoms with van der Waals surface area (Å²) >= 11 is 5.81. The zero-order valence-electron chi connectivity index (χ0n) is 20.2. The van der Waals surface area contributed by atoms with E-state index < -0.39 is 23.8 Å². The van der Waals surface area contributed by atoms with Gasteiger partial charge in [0.05, 0.1) is 17.3 Å². The van der Waals surface area contributed by atoms with Crippen molar-refractivity contribution in [2.24, 2.45) is 5.10 Å². The third-order valence-electron chi connectivity index (χ3n) is 5.10. The number of halogens is 1. The number of hydrazone groups is 1. The van der Waals surface area contributed by atoms with Gasteiger partial charge in [0.15, 0.2) is 0 Å². The number of nitrogens with one attached hydrogen (secondary N) is 2. The molecule has 39 heavy (non-hydrogen) atoms. The van der Waals surface area contributed by atoms with E-state index in [-0.39, 0.29) is 17.1 Å². The number of hydrogen-bond acceptors (Lipinski definition) is 7. The molecule has 0 saturated heterocycles. The average molecular weight is 542 g/mol. The fourth-order valence-corrected chi connectivity index (χ4v) is 3.30. The lowest BCUT2D eigenvalue weighted by atomic mass is 10.2. The Hall–Kier alpha value is -5.28. The zero-order chi connectivity index (χ0) is 27.6. The van der Waals surface area contributed by atoms with Crippen LogP contribution in [-0.4, -0.2) is 30.0 Å². The van der Waals surface area contributed by atoms with Crippen LogP contribution < -0.4 is 20.2 Å². The second kappa shape index (κ2) is 12.8. The van der Waals surface area contributed by atoms with Gasteiger partial charge in [-0.3, -0.25) is 9.59 Å². The van der Waals surface area contributed by atoms with Crippen molar-refractivity contribution in [2.45, 2.75) is 0 Å². The second-order valence-electron chi connectivity index (χ2n) is 7.87. The number of amides is 2. The van der Waals surface area contributed by atoms with Gasteiger partial charge in [-0.05, 0) is 60.7 Å². The molecule has 4 aromatic carbocycles. The molecule has 0 aliphatic heterocycles. The van der Waals surface area contributed by atoms with Crippen LogP contribution in [0.3, 0.4) is 0 Å². The van der Waals surface area contributed by atoms with E-state index in [1.165, 1.54) is 36.5 Å². The number of anilines is 1. The van der Waals surface area contributed by atoms with Gasteiger partial charge >= 0.3 is 23.8 Å². The van der Waals surface area contributed by atoms with Gasteiger partial charge in [0.1, 0.15) is 11.5 Å². The van der Waals surface area contributed by atoms with Crippen LogP contribution in [0, 0.1) is 0 Å². The minimum Gasteiger partial charge on any atom is -0.423 e. The number of esters is 2. The molecule has 0 radical (unpaired) electrons. The van der Waals surface area contributed by atoms with Gasteiger partial charge in [-0.1, -0.05) is 48.0 Å². The third kappa shape index (κ3) is 7.61. The molecule has 2 amide bonds. The fraction of sp³-hybridized carbons (Fsp3) is 0. The molecule has 0 heterocycles. The summed E-state index contributed by atoms with van der Waals surface area (Å²) in [6, 6.07) is 27.1. The molecule has 4 aromatic rings. The fourth-order valence-electron chi connectivity index (χ4n) is 3.18. The van der Waals surface area contributed by atoms with Crippen molar-refractivity contribution in [3.8, 4) is 11.5 Å². The van der Waals surface area contributed by atoms with Gasteiger partial charge in [-0.15, -0.1) is 0 Å². The van der Waals surface area contributed by atoms with Crippen LogP contribution in [0.5, 0.6) is 11.5 Å². The Morgan fingerprint density at radius 1 is 0.692 bits per heavy atom. The molecule has 10 heteroatoms. The molecule has 9 nitrogen and oxygen atoms in total. The van der Waals surface area contributed by atoms with E-state index in [4.69, 9.17) is 21.1 Å². The molecular weight excluding hydrogens is 522 g/mol. The van der Waals surface area contributed by atoms with Crippen LogP contribution >= 0.6 is 11.6 Å². The molecule has 0 aromatic heterocycles. The van der Waals surface area contributed by atoms with Gasteiger partial charge < -0.3 is 14.8 Å². The minimum absolute atomic E-state index is 0.00540.